The summed E-state index contributed by atoms with van der Waals surface area (Å²) in [6.45, 7) is 3.16. The molecule has 2 atom stereocenters. The van der Waals surface area contributed by atoms with E-state index in [2.05, 4.69) is 25.4 Å². The largest absolute Gasteiger partial charge is 0.493 e. The van der Waals surface area contributed by atoms with E-state index in [1.165, 1.54) is 24.0 Å². The maximum absolute atomic E-state index is 6.23. The van der Waals surface area contributed by atoms with Crippen LogP contribution in [0.3, 0.4) is 0 Å². The zero-order chi connectivity index (χ0) is 13.4. The van der Waals surface area contributed by atoms with E-state index in [4.69, 9.17) is 16.3 Å². The number of fused-ring (bicyclic) bond motifs is 1. The molecule has 2 aliphatic rings. The molecule has 2 nitrogen and oxygen atoms in total. The quantitative estimate of drug-likeness (QED) is 0.891. The predicted octanol–water partition coefficient (Wildman–Crippen LogP) is 3.45. The van der Waals surface area contributed by atoms with E-state index in [-0.39, 0.29) is 0 Å². The van der Waals surface area contributed by atoms with Gasteiger partial charge in [-0.2, -0.15) is 0 Å². The van der Waals surface area contributed by atoms with Gasteiger partial charge in [0.1, 0.15) is 5.75 Å². The van der Waals surface area contributed by atoms with Gasteiger partial charge in [-0.3, -0.25) is 0 Å². The van der Waals surface area contributed by atoms with Gasteiger partial charge in [-0.15, -0.1) is 0 Å². The van der Waals surface area contributed by atoms with Crippen molar-refractivity contribution in [2.24, 2.45) is 11.8 Å². The van der Waals surface area contributed by atoms with E-state index in [0.717, 1.165) is 42.1 Å². The monoisotopic (exact) mass is 279 g/mol. The molecule has 0 aromatic heterocycles. The number of ether oxygens (including phenoxy) is 1. The van der Waals surface area contributed by atoms with Crippen molar-refractivity contribution in [2.75, 3.05) is 13.7 Å². The highest BCUT2D eigenvalue weighted by atomic mass is 35.5. The molecule has 2 unspecified atom stereocenters. The topological polar surface area (TPSA) is 21.3 Å². The lowest BCUT2D eigenvalue weighted by atomic mass is 9.90. The fraction of sp³-hybridized carbons (Fsp3) is 0.625. The number of halogens is 1. The Morgan fingerprint density at radius 3 is 2.89 bits per heavy atom. The molecule has 0 bridgehead atoms. The molecule has 1 aliphatic heterocycles. The third kappa shape index (κ3) is 2.75. The van der Waals surface area contributed by atoms with Crippen LogP contribution in [0.1, 0.15) is 30.9 Å². The first-order valence-electron chi connectivity index (χ1n) is 7.30. The molecule has 1 aliphatic carbocycles. The number of likely N-dealkylation sites (N-methyl/N-ethyl adjacent to an activating group) is 1. The van der Waals surface area contributed by atoms with Crippen LogP contribution in [0, 0.1) is 11.8 Å². The molecule has 3 heteroatoms. The molecule has 0 spiro atoms. The number of hydrogen-bond acceptors (Lipinski definition) is 2. The summed E-state index contributed by atoms with van der Waals surface area (Å²) in [4.78, 5) is 0. The summed E-state index contributed by atoms with van der Waals surface area (Å²) in [5.74, 6) is 2.72. The summed E-state index contributed by atoms with van der Waals surface area (Å²) in [6.07, 6.45) is 4.79. The third-order valence-corrected chi connectivity index (χ3v) is 4.85. The number of rotatable bonds is 5. The molecule has 1 aromatic carbocycles. The zero-order valence-corrected chi connectivity index (χ0v) is 12.5. The molecule has 0 radical (unpaired) electrons. The Kier molecular flexibility index (Phi) is 3.72. The van der Waals surface area contributed by atoms with Gasteiger partial charge in [0.05, 0.1) is 6.61 Å². The lowest BCUT2D eigenvalue weighted by molar-refractivity contribution is 0.336. The van der Waals surface area contributed by atoms with Crippen LogP contribution >= 0.6 is 11.6 Å². The maximum atomic E-state index is 6.23. The Morgan fingerprint density at radius 1 is 1.42 bits per heavy atom. The van der Waals surface area contributed by atoms with Gasteiger partial charge in [0.15, 0.2) is 0 Å². The lowest BCUT2D eigenvalue weighted by Crippen LogP contribution is -2.35. The minimum absolute atomic E-state index is 0.513. The van der Waals surface area contributed by atoms with Crippen LogP contribution in [0.5, 0.6) is 5.75 Å². The van der Waals surface area contributed by atoms with Crippen molar-refractivity contribution in [1.29, 1.82) is 0 Å². The molecule has 1 heterocycles. The fourth-order valence-corrected chi connectivity index (χ4v) is 3.50. The SMILES string of the molecule is CNC(Cc1cc(Cl)cc2c1OCC2)C(C)C1CC1. The van der Waals surface area contributed by atoms with Crippen molar-refractivity contribution in [1.82, 2.24) is 5.32 Å². The molecular weight excluding hydrogens is 258 g/mol. The number of hydrogen-bond donors (Lipinski definition) is 1. The molecule has 1 saturated carbocycles. The number of benzene rings is 1. The van der Waals surface area contributed by atoms with Crippen LogP contribution in [0.25, 0.3) is 0 Å². The normalized spacial score (nSPS) is 20.8. The van der Waals surface area contributed by atoms with Crippen LogP contribution in [-0.4, -0.2) is 19.7 Å². The van der Waals surface area contributed by atoms with E-state index in [1.54, 1.807) is 0 Å². The zero-order valence-electron chi connectivity index (χ0n) is 11.7. The van der Waals surface area contributed by atoms with Gasteiger partial charge >= 0.3 is 0 Å². The molecule has 0 saturated heterocycles. The first-order chi connectivity index (χ1) is 9.19. The summed E-state index contributed by atoms with van der Waals surface area (Å²) in [5.41, 5.74) is 2.54. The molecule has 1 aromatic rings. The van der Waals surface area contributed by atoms with Crippen molar-refractivity contribution in [3.05, 3.63) is 28.3 Å². The van der Waals surface area contributed by atoms with Crippen molar-refractivity contribution in [2.45, 2.75) is 38.6 Å². The van der Waals surface area contributed by atoms with E-state index in [0.29, 0.717) is 6.04 Å². The molecular formula is C16H22ClNO. The fourth-order valence-electron chi connectivity index (χ4n) is 3.24. The van der Waals surface area contributed by atoms with Gasteiger partial charge in [-0.1, -0.05) is 18.5 Å². The van der Waals surface area contributed by atoms with Crippen molar-refractivity contribution in [3.63, 3.8) is 0 Å². The first-order valence-corrected chi connectivity index (χ1v) is 7.68. The predicted molar refractivity (Wildman–Crippen MR) is 79.1 cm³/mol. The van der Waals surface area contributed by atoms with E-state index >= 15 is 0 Å². The summed E-state index contributed by atoms with van der Waals surface area (Å²) in [5, 5.41) is 4.32. The Hall–Kier alpha value is -0.730. The Bertz CT molecular complexity index is 470. The Morgan fingerprint density at radius 2 is 2.21 bits per heavy atom. The van der Waals surface area contributed by atoms with E-state index in [9.17, 15) is 0 Å². The van der Waals surface area contributed by atoms with Gasteiger partial charge in [-0.05, 0) is 61.4 Å². The highest BCUT2D eigenvalue weighted by Gasteiger charge is 2.33. The van der Waals surface area contributed by atoms with Gasteiger partial charge in [0.25, 0.3) is 0 Å². The molecule has 19 heavy (non-hydrogen) atoms. The molecule has 104 valence electrons. The second-order valence-corrected chi connectivity index (χ2v) is 6.38. The minimum Gasteiger partial charge on any atom is -0.493 e. The maximum Gasteiger partial charge on any atom is 0.125 e. The van der Waals surface area contributed by atoms with Crippen LogP contribution in [0.2, 0.25) is 5.02 Å². The summed E-state index contributed by atoms with van der Waals surface area (Å²) >= 11 is 6.23. The van der Waals surface area contributed by atoms with Crippen LogP contribution in [-0.2, 0) is 12.8 Å². The van der Waals surface area contributed by atoms with Crippen molar-refractivity contribution in [3.8, 4) is 5.75 Å². The minimum atomic E-state index is 0.513. The summed E-state index contributed by atoms with van der Waals surface area (Å²) in [6, 6.07) is 4.64. The second-order valence-electron chi connectivity index (χ2n) is 5.95. The number of nitrogens with one attached hydrogen (secondary N) is 1. The van der Waals surface area contributed by atoms with Gasteiger partial charge in [-0.25, -0.2) is 0 Å². The summed E-state index contributed by atoms with van der Waals surface area (Å²) in [7, 11) is 2.06. The van der Waals surface area contributed by atoms with Crippen LogP contribution in [0.15, 0.2) is 12.1 Å². The lowest BCUT2D eigenvalue weighted by Gasteiger charge is -2.24. The van der Waals surface area contributed by atoms with E-state index in [1.807, 2.05) is 6.07 Å². The highest BCUT2D eigenvalue weighted by Crippen LogP contribution is 2.40. The Labute approximate surface area is 120 Å². The average Bonchev–Trinajstić information content (AvgIpc) is 3.14. The van der Waals surface area contributed by atoms with E-state index < -0.39 is 0 Å². The molecule has 1 N–H and O–H groups in total. The molecule has 1 fully saturated rings. The van der Waals surface area contributed by atoms with Crippen LogP contribution < -0.4 is 10.1 Å². The molecule has 0 amide bonds. The second kappa shape index (κ2) is 5.34. The smallest absolute Gasteiger partial charge is 0.125 e. The average molecular weight is 280 g/mol. The van der Waals surface area contributed by atoms with Gasteiger partial charge < -0.3 is 10.1 Å². The standard InChI is InChI=1S/C16H22ClNO/c1-10(11-3-4-11)15(18-2)9-13-8-14(17)7-12-5-6-19-16(12)13/h7-8,10-11,15,18H,3-6,9H2,1-2H3. The van der Waals surface area contributed by atoms with Crippen molar-refractivity contribution < 1.29 is 4.74 Å². The highest BCUT2D eigenvalue weighted by molar-refractivity contribution is 6.30. The third-order valence-electron chi connectivity index (χ3n) is 4.64. The van der Waals surface area contributed by atoms with Crippen LogP contribution in [0.4, 0.5) is 0 Å². The first kappa shape index (κ1) is 13.3. The summed E-state index contributed by atoms with van der Waals surface area (Å²) < 4.78 is 5.80. The van der Waals surface area contributed by atoms with Gasteiger partial charge in [0.2, 0.25) is 0 Å². The Balaban J connectivity index is 1.81. The molecule has 3 rings (SSSR count). The van der Waals surface area contributed by atoms with Gasteiger partial charge in [0, 0.05) is 17.5 Å². The van der Waals surface area contributed by atoms with Crippen molar-refractivity contribution >= 4 is 11.6 Å².